The van der Waals surface area contributed by atoms with Gasteiger partial charge in [0.2, 0.25) is 5.91 Å². The maximum Gasteiger partial charge on any atom is 0.238 e. The number of para-hydroxylation sites is 1. The highest BCUT2D eigenvalue weighted by molar-refractivity contribution is 9.10. The Hall–Kier alpha value is -0.620. The van der Waals surface area contributed by atoms with Crippen LogP contribution >= 0.6 is 28.3 Å². The summed E-state index contributed by atoms with van der Waals surface area (Å²) >= 11 is 3.42. The molecule has 1 heterocycles. The Morgan fingerprint density at radius 1 is 1.35 bits per heavy atom. The Morgan fingerprint density at radius 2 is 2.00 bits per heavy atom. The van der Waals surface area contributed by atoms with E-state index in [-0.39, 0.29) is 18.3 Å². The number of nitrogens with one attached hydrogen (secondary N) is 1. The summed E-state index contributed by atoms with van der Waals surface area (Å²) in [5.74, 6) is 0.667. The fourth-order valence-electron chi connectivity index (χ4n) is 2.34. The van der Waals surface area contributed by atoms with Gasteiger partial charge >= 0.3 is 0 Å². The van der Waals surface area contributed by atoms with E-state index in [0.717, 1.165) is 42.6 Å². The number of amides is 1. The van der Waals surface area contributed by atoms with Crippen molar-refractivity contribution >= 4 is 39.9 Å². The van der Waals surface area contributed by atoms with Crippen LogP contribution in [0.5, 0.6) is 0 Å². The van der Waals surface area contributed by atoms with E-state index < -0.39 is 0 Å². The monoisotopic (exact) mass is 361 g/mol. The van der Waals surface area contributed by atoms with Gasteiger partial charge in [-0.15, -0.1) is 12.4 Å². The Balaban J connectivity index is 0.00000200. The third-order valence-corrected chi connectivity index (χ3v) is 4.25. The lowest BCUT2D eigenvalue weighted by atomic mass is 9.97. The van der Waals surface area contributed by atoms with Crippen molar-refractivity contribution in [2.24, 2.45) is 11.7 Å². The maximum atomic E-state index is 12.0. The first kappa shape index (κ1) is 17.4. The molecule has 0 aromatic heterocycles. The summed E-state index contributed by atoms with van der Waals surface area (Å²) in [6.07, 6.45) is 2.19. The summed E-state index contributed by atoms with van der Waals surface area (Å²) in [4.78, 5) is 14.2. The molecule has 0 unspecified atom stereocenters. The molecule has 3 N–H and O–H groups in total. The highest BCUT2D eigenvalue weighted by Crippen LogP contribution is 2.21. The lowest BCUT2D eigenvalue weighted by Gasteiger charge is -2.30. The normalized spacial score (nSPS) is 16.5. The van der Waals surface area contributed by atoms with Gasteiger partial charge in [-0.3, -0.25) is 9.69 Å². The van der Waals surface area contributed by atoms with Crippen LogP contribution in [-0.4, -0.2) is 37.0 Å². The van der Waals surface area contributed by atoms with E-state index in [9.17, 15) is 4.79 Å². The Bertz CT molecular complexity index is 436. The van der Waals surface area contributed by atoms with Gasteiger partial charge in [0, 0.05) is 4.47 Å². The highest BCUT2D eigenvalue weighted by atomic mass is 79.9. The first-order chi connectivity index (χ1) is 9.19. The molecular weight excluding hydrogens is 342 g/mol. The fraction of sp³-hybridized carbons (Fsp3) is 0.500. The van der Waals surface area contributed by atoms with Crippen LogP contribution in [0.1, 0.15) is 12.8 Å². The SMILES string of the molecule is Cl.NCC1CCN(CC(=O)Nc2ccccc2Br)CC1. The summed E-state index contributed by atoms with van der Waals surface area (Å²) in [6.45, 7) is 3.14. The van der Waals surface area contributed by atoms with E-state index >= 15 is 0 Å². The summed E-state index contributed by atoms with van der Waals surface area (Å²) in [7, 11) is 0. The van der Waals surface area contributed by atoms with E-state index in [0.29, 0.717) is 12.5 Å². The first-order valence-corrected chi connectivity index (χ1v) is 7.45. The Kier molecular flexibility index (Phi) is 7.51. The molecular formula is C14H21BrClN3O. The molecule has 1 aliphatic heterocycles. The quantitative estimate of drug-likeness (QED) is 0.865. The minimum Gasteiger partial charge on any atom is -0.330 e. The minimum atomic E-state index is 0. The number of halogens is 2. The number of carbonyl (C=O) groups is 1. The Morgan fingerprint density at radius 3 is 2.60 bits per heavy atom. The molecule has 112 valence electrons. The van der Waals surface area contributed by atoms with Crippen molar-refractivity contribution in [3.8, 4) is 0 Å². The number of carbonyl (C=O) groups excluding carboxylic acids is 1. The lowest BCUT2D eigenvalue weighted by Crippen LogP contribution is -2.40. The number of likely N-dealkylation sites (tertiary alicyclic amines) is 1. The van der Waals surface area contributed by atoms with Gasteiger partial charge in [0.1, 0.15) is 0 Å². The topological polar surface area (TPSA) is 58.4 Å². The van der Waals surface area contributed by atoms with E-state index in [1.54, 1.807) is 0 Å². The fourth-order valence-corrected chi connectivity index (χ4v) is 2.72. The third kappa shape index (κ3) is 5.05. The second-order valence-electron chi connectivity index (χ2n) is 4.98. The molecule has 2 rings (SSSR count). The lowest BCUT2D eigenvalue weighted by molar-refractivity contribution is -0.117. The van der Waals surface area contributed by atoms with E-state index in [1.807, 2.05) is 24.3 Å². The van der Waals surface area contributed by atoms with Crippen LogP contribution in [-0.2, 0) is 4.79 Å². The van der Waals surface area contributed by atoms with Crippen molar-refractivity contribution in [3.05, 3.63) is 28.7 Å². The molecule has 20 heavy (non-hydrogen) atoms. The zero-order valence-corrected chi connectivity index (χ0v) is 13.8. The number of nitrogens with zero attached hydrogens (tertiary/aromatic N) is 1. The van der Waals surface area contributed by atoms with Crippen molar-refractivity contribution in [3.63, 3.8) is 0 Å². The molecule has 4 nitrogen and oxygen atoms in total. The molecule has 0 aliphatic carbocycles. The molecule has 1 saturated heterocycles. The van der Waals surface area contributed by atoms with Crippen molar-refractivity contribution in [2.75, 3.05) is 31.5 Å². The van der Waals surface area contributed by atoms with Crippen molar-refractivity contribution < 1.29 is 4.79 Å². The number of hydrogen-bond acceptors (Lipinski definition) is 3. The molecule has 6 heteroatoms. The second kappa shape index (κ2) is 8.62. The molecule has 1 aromatic carbocycles. The van der Waals surface area contributed by atoms with Gasteiger partial charge in [0.05, 0.1) is 12.2 Å². The molecule has 1 aromatic rings. The zero-order chi connectivity index (χ0) is 13.7. The first-order valence-electron chi connectivity index (χ1n) is 6.66. The summed E-state index contributed by atoms with van der Waals surface area (Å²) in [6, 6.07) is 7.65. The highest BCUT2D eigenvalue weighted by Gasteiger charge is 2.19. The average Bonchev–Trinajstić information content (AvgIpc) is 2.42. The van der Waals surface area contributed by atoms with Gasteiger partial charge in [-0.2, -0.15) is 0 Å². The number of anilines is 1. The molecule has 0 bridgehead atoms. The average molecular weight is 363 g/mol. The molecule has 0 radical (unpaired) electrons. The molecule has 0 saturated carbocycles. The molecule has 1 amide bonds. The van der Waals surface area contributed by atoms with Crippen molar-refractivity contribution in [1.29, 1.82) is 0 Å². The van der Waals surface area contributed by atoms with Crippen LogP contribution in [0.15, 0.2) is 28.7 Å². The number of benzene rings is 1. The Labute approximate surface area is 134 Å². The van der Waals surface area contributed by atoms with Crippen LogP contribution in [0.25, 0.3) is 0 Å². The number of hydrogen-bond donors (Lipinski definition) is 2. The predicted molar refractivity (Wildman–Crippen MR) is 88.2 cm³/mol. The largest absolute Gasteiger partial charge is 0.330 e. The molecule has 1 fully saturated rings. The third-order valence-electron chi connectivity index (χ3n) is 3.56. The van der Waals surface area contributed by atoms with Crippen LogP contribution in [0.2, 0.25) is 0 Å². The standard InChI is InChI=1S/C14H20BrN3O.ClH/c15-12-3-1-2-4-13(12)17-14(19)10-18-7-5-11(9-16)6-8-18;/h1-4,11H,5-10,16H2,(H,17,19);1H. The van der Waals surface area contributed by atoms with Crippen molar-refractivity contribution in [2.45, 2.75) is 12.8 Å². The summed E-state index contributed by atoms with van der Waals surface area (Å²) in [5.41, 5.74) is 6.49. The number of nitrogens with two attached hydrogens (primary N) is 1. The zero-order valence-electron chi connectivity index (χ0n) is 11.3. The van der Waals surface area contributed by atoms with Gasteiger partial charge in [0.15, 0.2) is 0 Å². The molecule has 1 aliphatic rings. The van der Waals surface area contributed by atoms with Gasteiger partial charge in [-0.25, -0.2) is 0 Å². The van der Waals surface area contributed by atoms with Gasteiger partial charge < -0.3 is 11.1 Å². The van der Waals surface area contributed by atoms with Gasteiger partial charge in [-0.05, 0) is 66.5 Å². The van der Waals surface area contributed by atoms with E-state index in [1.165, 1.54) is 0 Å². The predicted octanol–water partition coefficient (Wildman–Crippen LogP) is 2.48. The number of rotatable bonds is 4. The smallest absolute Gasteiger partial charge is 0.238 e. The van der Waals surface area contributed by atoms with Gasteiger partial charge in [-0.1, -0.05) is 12.1 Å². The number of piperidine rings is 1. The van der Waals surface area contributed by atoms with Crippen LogP contribution in [0, 0.1) is 5.92 Å². The minimum absolute atomic E-state index is 0. The summed E-state index contributed by atoms with van der Waals surface area (Å²) < 4.78 is 0.908. The molecule has 0 atom stereocenters. The van der Waals surface area contributed by atoms with Crippen LogP contribution < -0.4 is 11.1 Å². The van der Waals surface area contributed by atoms with E-state index in [2.05, 4.69) is 26.1 Å². The molecule has 0 spiro atoms. The van der Waals surface area contributed by atoms with Gasteiger partial charge in [0.25, 0.3) is 0 Å². The van der Waals surface area contributed by atoms with Crippen LogP contribution in [0.3, 0.4) is 0 Å². The maximum absolute atomic E-state index is 12.0. The van der Waals surface area contributed by atoms with Crippen LogP contribution in [0.4, 0.5) is 5.69 Å². The van der Waals surface area contributed by atoms with Crippen molar-refractivity contribution in [1.82, 2.24) is 4.90 Å². The van der Waals surface area contributed by atoms with E-state index in [4.69, 9.17) is 5.73 Å². The summed E-state index contributed by atoms with van der Waals surface area (Å²) in [5, 5.41) is 2.93. The second-order valence-corrected chi connectivity index (χ2v) is 5.84.